The van der Waals surface area contributed by atoms with E-state index in [1.807, 2.05) is 48.2 Å². The smallest absolute Gasteiger partial charge is 0.324 e. The highest BCUT2D eigenvalue weighted by Crippen LogP contribution is 2.33. The Hall–Kier alpha value is -3.59. The van der Waals surface area contributed by atoms with Crippen molar-refractivity contribution in [1.29, 1.82) is 0 Å². The topological polar surface area (TPSA) is 90.2 Å². The van der Waals surface area contributed by atoms with Crippen LogP contribution in [0.1, 0.15) is 31.4 Å². The molecule has 1 unspecified atom stereocenters. The van der Waals surface area contributed by atoms with Crippen molar-refractivity contribution < 1.29 is 23.5 Å². The van der Waals surface area contributed by atoms with E-state index in [1.54, 1.807) is 7.11 Å². The van der Waals surface area contributed by atoms with Gasteiger partial charge in [-0.05, 0) is 43.5 Å². The van der Waals surface area contributed by atoms with Crippen LogP contribution in [0.4, 0.5) is 6.01 Å². The normalized spacial score (nSPS) is 18.8. The molecule has 2 aliphatic heterocycles. The van der Waals surface area contributed by atoms with Crippen LogP contribution in [0.5, 0.6) is 11.5 Å². The number of ether oxygens (including phenoxy) is 3. The minimum absolute atomic E-state index is 0.00598. The standard InChI is InChI=1S/C27H32N4O5/c1-3-34-22-10-9-21(17-23(22)33-2)25-28-27(36-29-25)30-13-11-20(12-14-30)26(32)31-15-16-35-24(18-31)19-7-5-4-6-8-19/h4-10,17,20,24H,3,11-16,18H2,1-2H3. The average molecular weight is 493 g/mol. The molecule has 3 heterocycles. The first-order valence-electron chi connectivity index (χ1n) is 12.5. The molecule has 1 atom stereocenters. The summed E-state index contributed by atoms with van der Waals surface area (Å²) in [5, 5.41) is 4.16. The van der Waals surface area contributed by atoms with Gasteiger partial charge in [0.2, 0.25) is 11.7 Å². The summed E-state index contributed by atoms with van der Waals surface area (Å²) < 4.78 is 22.5. The summed E-state index contributed by atoms with van der Waals surface area (Å²) in [5.74, 6) is 2.00. The molecule has 0 bridgehead atoms. The van der Waals surface area contributed by atoms with E-state index in [-0.39, 0.29) is 17.9 Å². The number of carbonyl (C=O) groups is 1. The maximum absolute atomic E-state index is 13.3. The molecule has 5 rings (SSSR count). The summed E-state index contributed by atoms with van der Waals surface area (Å²) in [5.41, 5.74) is 1.90. The van der Waals surface area contributed by atoms with Crippen LogP contribution in [0.3, 0.4) is 0 Å². The Morgan fingerprint density at radius 1 is 1.08 bits per heavy atom. The summed E-state index contributed by atoms with van der Waals surface area (Å²) in [7, 11) is 1.60. The Balaban J connectivity index is 1.18. The second-order valence-corrected chi connectivity index (χ2v) is 9.01. The van der Waals surface area contributed by atoms with E-state index >= 15 is 0 Å². The largest absolute Gasteiger partial charge is 0.493 e. The van der Waals surface area contributed by atoms with Crippen LogP contribution in [0.15, 0.2) is 53.1 Å². The van der Waals surface area contributed by atoms with Gasteiger partial charge in [-0.15, -0.1) is 0 Å². The van der Waals surface area contributed by atoms with Gasteiger partial charge in [0, 0.05) is 31.1 Å². The lowest BCUT2D eigenvalue weighted by Gasteiger charge is -2.37. The lowest BCUT2D eigenvalue weighted by atomic mass is 9.95. The second-order valence-electron chi connectivity index (χ2n) is 9.01. The molecule has 1 aromatic heterocycles. The molecule has 0 aliphatic carbocycles. The van der Waals surface area contributed by atoms with Crippen molar-refractivity contribution in [3.05, 3.63) is 54.1 Å². The number of hydrogen-bond acceptors (Lipinski definition) is 8. The molecule has 0 spiro atoms. The molecular formula is C27H32N4O5. The Labute approximate surface area is 210 Å². The van der Waals surface area contributed by atoms with Crippen LogP contribution in [-0.4, -0.2) is 67.5 Å². The quantitative estimate of drug-likeness (QED) is 0.490. The number of rotatable bonds is 7. The second kappa shape index (κ2) is 11.0. The number of piperidine rings is 1. The molecule has 190 valence electrons. The van der Waals surface area contributed by atoms with Gasteiger partial charge in [0.15, 0.2) is 11.5 Å². The van der Waals surface area contributed by atoms with Crippen molar-refractivity contribution in [3.63, 3.8) is 0 Å². The van der Waals surface area contributed by atoms with E-state index in [0.717, 1.165) is 24.0 Å². The summed E-state index contributed by atoms with van der Waals surface area (Å²) in [6.07, 6.45) is 1.43. The number of hydrogen-bond donors (Lipinski definition) is 0. The average Bonchev–Trinajstić information content (AvgIpc) is 3.44. The van der Waals surface area contributed by atoms with Crippen LogP contribution in [0, 0.1) is 5.92 Å². The van der Waals surface area contributed by atoms with Gasteiger partial charge >= 0.3 is 6.01 Å². The molecular weight excluding hydrogens is 460 g/mol. The first-order valence-corrected chi connectivity index (χ1v) is 12.5. The molecule has 36 heavy (non-hydrogen) atoms. The first kappa shape index (κ1) is 24.1. The van der Waals surface area contributed by atoms with Gasteiger partial charge in [-0.3, -0.25) is 4.79 Å². The fraction of sp³-hybridized carbons (Fsp3) is 0.444. The van der Waals surface area contributed by atoms with Crippen molar-refractivity contribution in [3.8, 4) is 22.9 Å². The Kier molecular flexibility index (Phi) is 7.36. The zero-order chi connectivity index (χ0) is 24.9. The summed E-state index contributed by atoms with van der Waals surface area (Å²) in [6, 6.07) is 16.2. The zero-order valence-corrected chi connectivity index (χ0v) is 20.8. The molecule has 0 radical (unpaired) electrons. The van der Waals surface area contributed by atoms with Crippen LogP contribution < -0.4 is 14.4 Å². The maximum Gasteiger partial charge on any atom is 0.324 e. The van der Waals surface area contributed by atoms with Crippen LogP contribution in [0.25, 0.3) is 11.4 Å². The van der Waals surface area contributed by atoms with E-state index < -0.39 is 0 Å². The van der Waals surface area contributed by atoms with Crippen LogP contribution in [-0.2, 0) is 9.53 Å². The minimum Gasteiger partial charge on any atom is -0.493 e. The number of methoxy groups -OCH3 is 1. The summed E-state index contributed by atoms with van der Waals surface area (Å²) in [4.78, 5) is 21.9. The molecule has 2 aromatic carbocycles. The van der Waals surface area contributed by atoms with Gasteiger partial charge in [0.25, 0.3) is 0 Å². The fourth-order valence-corrected chi connectivity index (χ4v) is 4.84. The van der Waals surface area contributed by atoms with Crippen LogP contribution >= 0.6 is 0 Å². The maximum atomic E-state index is 13.3. The van der Waals surface area contributed by atoms with Gasteiger partial charge in [-0.1, -0.05) is 35.5 Å². The van der Waals surface area contributed by atoms with E-state index in [9.17, 15) is 4.79 Å². The van der Waals surface area contributed by atoms with Crippen molar-refractivity contribution in [2.24, 2.45) is 5.92 Å². The summed E-state index contributed by atoms with van der Waals surface area (Å²) >= 11 is 0. The fourth-order valence-electron chi connectivity index (χ4n) is 4.84. The van der Waals surface area contributed by atoms with Crippen molar-refractivity contribution in [2.45, 2.75) is 25.9 Å². The molecule has 2 saturated heterocycles. The molecule has 1 amide bonds. The summed E-state index contributed by atoms with van der Waals surface area (Å²) in [6.45, 7) is 5.67. The molecule has 2 aliphatic rings. The monoisotopic (exact) mass is 492 g/mol. The molecule has 0 N–H and O–H groups in total. The molecule has 9 nitrogen and oxygen atoms in total. The molecule has 0 saturated carbocycles. The SMILES string of the molecule is CCOc1ccc(-c2noc(N3CCC(C(=O)N4CCOC(c5ccccc5)C4)CC3)n2)cc1OC. The van der Waals surface area contributed by atoms with Crippen molar-refractivity contribution >= 4 is 11.9 Å². The van der Waals surface area contributed by atoms with E-state index in [4.69, 9.17) is 18.7 Å². The first-order chi connectivity index (χ1) is 17.7. The number of amides is 1. The van der Waals surface area contributed by atoms with Crippen molar-refractivity contribution in [1.82, 2.24) is 15.0 Å². The zero-order valence-electron chi connectivity index (χ0n) is 20.8. The number of aromatic nitrogens is 2. The lowest BCUT2D eigenvalue weighted by Crippen LogP contribution is -2.47. The third-order valence-electron chi connectivity index (χ3n) is 6.80. The number of carbonyl (C=O) groups excluding carboxylic acids is 1. The van der Waals surface area contributed by atoms with Gasteiger partial charge < -0.3 is 28.5 Å². The van der Waals surface area contributed by atoms with Gasteiger partial charge in [-0.25, -0.2) is 0 Å². The highest BCUT2D eigenvalue weighted by molar-refractivity contribution is 5.79. The van der Waals surface area contributed by atoms with Gasteiger partial charge in [0.05, 0.1) is 26.9 Å². The van der Waals surface area contributed by atoms with Gasteiger partial charge in [-0.2, -0.15) is 4.98 Å². The molecule has 9 heteroatoms. The van der Waals surface area contributed by atoms with Crippen LogP contribution in [0.2, 0.25) is 0 Å². The number of nitrogens with zero attached hydrogens (tertiary/aromatic N) is 4. The van der Waals surface area contributed by atoms with E-state index in [0.29, 0.717) is 62.7 Å². The van der Waals surface area contributed by atoms with Gasteiger partial charge in [0.1, 0.15) is 6.10 Å². The third-order valence-corrected chi connectivity index (χ3v) is 6.80. The number of benzene rings is 2. The highest BCUT2D eigenvalue weighted by atomic mass is 16.5. The van der Waals surface area contributed by atoms with Crippen molar-refractivity contribution in [2.75, 3.05) is 51.4 Å². The number of anilines is 1. The highest BCUT2D eigenvalue weighted by Gasteiger charge is 2.33. The molecule has 2 fully saturated rings. The Morgan fingerprint density at radius 2 is 1.89 bits per heavy atom. The Morgan fingerprint density at radius 3 is 2.64 bits per heavy atom. The lowest BCUT2D eigenvalue weighted by molar-refractivity contribution is -0.144. The molecule has 3 aromatic rings. The van der Waals surface area contributed by atoms with E-state index in [2.05, 4.69) is 27.2 Å². The Bertz CT molecular complexity index is 1160. The minimum atomic E-state index is -0.0676. The number of morpholine rings is 1. The third kappa shape index (κ3) is 5.16. The predicted molar refractivity (Wildman–Crippen MR) is 134 cm³/mol. The van der Waals surface area contributed by atoms with E-state index in [1.165, 1.54) is 0 Å². The predicted octanol–water partition coefficient (Wildman–Crippen LogP) is 3.96.